The van der Waals surface area contributed by atoms with E-state index in [2.05, 4.69) is 9.97 Å². The zero-order chi connectivity index (χ0) is 23.2. The van der Waals surface area contributed by atoms with Gasteiger partial charge in [0.25, 0.3) is 0 Å². The van der Waals surface area contributed by atoms with Crippen LogP contribution in [0.25, 0.3) is 21.3 Å². The molecule has 0 bridgehead atoms. The first-order chi connectivity index (χ1) is 15.9. The van der Waals surface area contributed by atoms with Gasteiger partial charge in [0.05, 0.1) is 35.2 Å². The molecule has 0 aliphatic rings. The number of nitrogens with zero attached hydrogens (tertiary/aromatic N) is 3. The maximum atomic E-state index is 12.2. The molecule has 1 unspecified atom stereocenters. The number of fused-ring (bicyclic) bond motifs is 1. The number of ether oxygens (including phenoxy) is 1. The lowest BCUT2D eigenvalue weighted by Gasteiger charge is -2.30. The number of imidazole rings is 1. The monoisotopic (exact) mass is 495 g/mol. The third-order valence-electron chi connectivity index (χ3n) is 5.70. The van der Waals surface area contributed by atoms with Crippen molar-refractivity contribution in [2.45, 2.75) is 5.60 Å². The van der Waals surface area contributed by atoms with Crippen molar-refractivity contribution in [3.05, 3.63) is 99.4 Å². The lowest BCUT2D eigenvalue weighted by atomic mass is 9.82. The van der Waals surface area contributed by atoms with Gasteiger partial charge in [0.2, 0.25) is 5.88 Å². The Labute approximate surface area is 204 Å². The summed E-state index contributed by atoms with van der Waals surface area (Å²) < 4.78 is 7.93. The third kappa shape index (κ3) is 3.79. The minimum atomic E-state index is -1.46. The van der Waals surface area contributed by atoms with Crippen LogP contribution >= 0.6 is 34.5 Å². The van der Waals surface area contributed by atoms with Gasteiger partial charge in [-0.05, 0) is 47.5 Å². The van der Waals surface area contributed by atoms with Crippen molar-refractivity contribution in [2.75, 3.05) is 7.11 Å². The highest BCUT2D eigenvalue weighted by Gasteiger charge is 2.37. The molecule has 5 rings (SSSR count). The van der Waals surface area contributed by atoms with Gasteiger partial charge in [-0.15, -0.1) is 11.3 Å². The number of hydrogen-bond acceptors (Lipinski definition) is 5. The molecule has 0 fully saturated rings. The van der Waals surface area contributed by atoms with Crippen LogP contribution in [-0.2, 0) is 12.6 Å². The Kier molecular flexibility index (Phi) is 5.62. The van der Waals surface area contributed by atoms with E-state index in [1.807, 2.05) is 60.1 Å². The Morgan fingerprint density at radius 2 is 1.76 bits per heavy atom. The lowest BCUT2D eigenvalue weighted by Crippen LogP contribution is -2.31. The molecule has 0 saturated heterocycles. The predicted molar refractivity (Wildman–Crippen MR) is 133 cm³/mol. The second-order valence-corrected chi connectivity index (χ2v) is 9.81. The zero-order valence-electron chi connectivity index (χ0n) is 17.8. The van der Waals surface area contributed by atoms with Gasteiger partial charge in [0.15, 0.2) is 5.60 Å². The summed E-state index contributed by atoms with van der Waals surface area (Å²) >= 11 is 13.8. The lowest BCUT2D eigenvalue weighted by molar-refractivity contribution is 0.117. The smallest absolute Gasteiger partial charge is 0.214 e. The van der Waals surface area contributed by atoms with Crippen molar-refractivity contribution in [3.63, 3.8) is 0 Å². The highest BCUT2D eigenvalue weighted by atomic mass is 35.5. The van der Waals surface area contributed by atoms with Crippen LogP contribution < -0.4 is 4.74 Å². The largest absolute Gasteiger partial charge is 0.481 e. The van der Waals surface area contributed by atoms with E-state index in [1.165, 1.54) is 11.3 Å². The summed E-state index contributed by atoms with van der Waals surface area (Å²) in [5.74, 6) is 0.509. The molecule has 0 aliphatic heterocycles. The van der Waals surface area contributed by atoms with E-state index >= 15 is 0 Å². The SMILES string of the molecule is COc1cc(-c2ccc(Cl)s2)c2cc(C(O)(c3ccc(Cl)cc3)c3cncn3C)ccc2n1. The predicted octanol–water partition coefficient (Wildman–Crippen LogP) is 6.30. The van der Waals surface area contributed by atoms with Gasteiger partial charge in [-0.2, -0.15) is 0 Å². The summed E-state index contributed by atoms with van der Waals surface area (Å²) in [6.07, 6.45) is 3.34. The molecule has 1 atom stereocenters. The van der Waals surface area contributed by atoms with Gasteiger partial charge in [0, 0.05) is 34.0 Å². The second-order valence-electron chi connectivity index (χ2n) is 7.65. The molecule has 0 spiro atoms. The Balaban J connectivity index is 1.80. The molecule has 1 N–H and O–H groups in total. The zero-order valence-corrected chi connectivity index (χ0v) is 20.1. The third-order valence-corrected chi connectivity index (χ3v) is 7.22. The molecular weight excluding hydrogens is 477 g/mol. The maximum absolute atomic E-state index is 12.2. The van der Waals surface area contributed by atoms with Crippen LogP contribution in [0.3, 0.4) is 0 Å². The Morgan fingerprint density at radius 3 is 2.39 bits per heavy atom. The standard InChI is InChI=1S/C25H19Cl2N3O2S/c1-30-14-28-13-22(30)25(31,15-3-6-17(26)7-4-15)16-5-8-20-18(11-16)19(12-24(29-20)32-2)21-9-10-23(27)33-21/h3-14,31H,1-2H3. The minimum absolute atomic E-state index is 0.509. The topological polar surface area (TPSA) is 60.2 Å². The molecule has 3 heterocycles. The van der Waals surface area contributed by atoms with Crippen LogP contribution in [0.4, 0.5) is 0 Å². The highest BCUT2D eigenvalue weighted by Crippen LogP contribution is 2.41. The molecule has 0 radical (unpaired) electrons. The number of methoxy groups -OCH3 is 1. The van der Waals surface area contributed by atoms with Crippen molar-refractivity contribution in [2.24, 2.45) is 7.05 Å². The fourth-order valence-electron chi connectivity index (χ4n) is 4.05. The van der Waals surface area contributed by atoms with Crippen LogP contribution in [-0.4, -0.2) is 26.8 Å². The van der Waals surface area contributed by atoms with Crippen LogP contribution in [0.5, 0.6) is 5.88 Å². The van der Waals surface area contributed by atoms with Gasteiger partial charge in [-0.3, -0.25) is 0 Å². The van der Waals surface area contributed by atoms with Gasteiger partial charge < -0.3 is 14.4 Å². The average molecular weight is 496 g/mol. The highest BCUT2D eigenvalue weighted by molar-refractivity contribution is 7.19. The molecule has 8 heteroatoms. The first-order valence-electron chi connectivity index (χ1n) is 10.1. The van der Waals surface area contributed by atoms with Crippen molar-refractivity contribution in [1.82, 2.24) is 14.5 Å². The molecule has 5 aromatic rings. The Hall–Kier alpha value is -2.90. The van der Waals surface area contributed by atoms with Crippen LogP contribution in [0.2, 0.25) is 9.36 Å². The van der Waals surface area contributed by atoms with E-state index < -0.39 is 5.60 Å². The van der Waals surface area contributed by atoms with E-state index in [0.29, 0.717) is 32.1 Å². The summed E-state index contributed by atoms with van der Waals surface area (Å²) in [6.45, 7) is 0. The fourth-order valence-corrected chi connectivity index (χ4v) is 5.25. The molecule has 2 aromatic carbocycles. The number of halogens is 2. The van der Waals surface area contributed by atoms with Crippen molar-refractivity contribution in [1.29, 1.82) is 0 Å². The summed E-state index contributed by atoms with van der Waals surface area (Å²) in [5, 5.41) is 13.7. The van der Waals surface area contributed by atoms with E-state index in [0.717, 1.165) is 21.3 Å². The number of aliphatic hydroxyl groups is 1. The first kappa shape index (κ1) is 21.9. The molecule has 0 amide bonds. The van der Waals surface area contributed by atoms with E-state index in [-0.39, 0.29) is 0 Å². The average Bonchev–Trinajstić information content (AvgIpc) is 3.46. The summed E-state index contributed by atoms with van der Waals surface area (Å²) in [4.78, 5) is 9.84. The minimum Gasteiger partial charge on any atom is -0.481 e. The van der Waals surface area contributed by atoms with Crippen molar-refractivity contribution in [3.8, 4) is 16.3 Å². The van der Waals surface area contributed by atoms with Crippen molar-refractivity contribution >= 4 is 45.4 Å². The van der Waals surface area contributed by atoms with Gasteiger partial charge in [-0.25, -0.2) is 9.97 Å². The van der Waals surface area contributed by atoms with Crippen LogP contribution in [0.15, 0.2) is 73.2 Å². The number of rotatable bonds is 5. The molecular formula is C25H19Cl2N3O2S. The number of hydrogen-bond donors (Lipinski definition) is 1. The molecule has 0 saturated carbocycles. The number of thiophene rings is 1. The van der Waals surface area contributed by atoms with E-state index in [4.69, 9.17) is 27.9 Å². The fraction of sp³-hybridized carbons (Fsp3) is 0.120. The quantitative estimate of drug-likeness (QED) is 0.311. The van der Waals surface area contributed by atoms with Gasteiger partial charge in [0.1, 0.15) is 0 Å². The molecule has 166 valence electrons. The Bertz CT molecular complexity index is 1460. The number of pyridine rings is 1. The summed E-state index contributed by atoms with van der Waals surface area (Å²) in [5.41, 5.74) is 2.20. The van der Waals surface area contributed by atoms with Gasteiger partial charge in [-0.1, -0.05) is 41.4 Å². The first-order valence-corrected chi connectivity index (χ1v) is 11.7. The second kappa shape index (κ2) is 8.47. The van der Waals surface area contributed by atoms with Crippen molar-refractivity contribution < 1.29 is 9.84 Å². The van der Waals surface area contributed by atoms with E-state index in [1.54, 1.807) is 31.8 Å². The summed E-state index contributed by atoms with van der Waals surface area (Å²) in [7, 11) is 3.45. The molecule has 33 heavy (non-hydrogen) atoms. The molecule has 0 aliphatic carbocycles. The van der Waals surface area contributed by atoms with Gasteiger partial charge >= 0.3 is 0 Å². The van der Waals surface area contributed by atoms with E-state index in [9.17, 15) is 5.11 Å². The van der Waals surface area contributed by atoms with Crippen LogP contribution in [0, 0.1) is 0 Å². The number of aromatic nitrogens is 3. The Morgan fingerprint density at radius 1 is 1.00 bits per heavy atom. The maximum Gasteiger partial charge on any atom is 0.214 e. The normalized spacial score (nSPS) is 13.2. The molecule has 5 nitrogen and oxygen atoms in total. The number of benzene rings is 2. The summed E-state index contributed by atoms with van der Waals surface area (Å²) in [6, 6.07) is 18.6. The van der Waals surface area contributed by atoms with Crippen LogP contribution in [0.1, 0.15) is 16.8 Å². The number of aryl methyl sites for hydroxylation is 1. The molecule has 3 aromatic heterocycles.